The van der Waals surface area contributed by atoms with Crippen LogP contribution in [0.2, 0.25) is 0 Å². The highest BCUT2D eigenvalue weighted by atomic mass is 35.5. The Kier molecular flexibility index (Phi) is 5.78. The predicted molar refractivity (Wildman–Crippen MR) is 97.3 cm³/mol. The van der Waals surface area contributed by atoms with E-state index in [0.717, 1.165) is 18.4 Å². The number of anilines is 1. The molecule has 2 N–H and O–H groups in total. The van der Waals surface area contributed by atoms with Gasteiger partial charge in [0.2, 0.25) is 10.0 Å². The van der Waals surface area contributed by atoms with Crippen molar-refractivity contribution in [3.63, 3.8) is 0 Å². The number of carbonyl (C=O) groups excluding carboxylic acids is 1. The summed E-state index contributed by atoms with van der Waals surface area (Å²) in [5.41, 5.74) is 7.98. The zero-order valence-electron chi connectivity index (χ0n) is 13.8. The van der Waals surface area contributed by atoms with E-state index in [2.05, 4.69) is 0 Å². The van der Waals surface area contributed by atoms with Crippen LogP contribution in [0.1, 0.15) is 35.2 Å². The third-order valence-corrected chi connectivity index (χ3v) is 6.52. The van der Waals surface area contributed by atoms with Crippen LogP contribution in [-0.2, 0) is 10.0 Å². The van der Waals surface area contributed by atoms with Gasteiger partial charge < -0.3 is 10.6 Å². The molecule has 2 saturated heterocycles. The van der Waals surface area contributed by atoms with E-state index in [0.29, 0.717) is 37.3 Å². The number of sulfonamides is 1. The summed E-state index contributed by atoms with van der Waals surface area (Å²) in [5, 5.41) is 0. The average molecular weight is 374 g/mol. The quantitative estimate of drug-likeness (QED) is 0.851. The molecule has 0 bridgehead atoms. The molecule has 0 aliphatic carbocycles. The molecule has 24 heavy (non-hydrogen) atoms. The number of aryl methyl sites for hydroxylation is 1. The van der Waals surface area contributed by atoms with Crippen molar-refractivity contribution >= 4 is 34.0 Å². The highest BCUT2D eigenvalue weighted by Gasteiger charge is 2.29. The van der Waals surface area contributed by atoms with E-state index >= 15 is 0 Å². The van der Waals surface area contributed by atoms with Gasteiger partial charge in [0.1, 0.15) is 0 Å². The third kappa shape index (κ3) is 3.68. The van der Waals surface area contributed by atoms with E-state index < -0.39 is 10.0 Å². The first kappa shape index (κ1) is 19.0. The summed E-state index contributed by atoms with van der Waals surface area (Å²) in [6.45, 7) is 3.73. The second-order valence-corrected chi connectivity index (χ2v) is 8.38. The van der Waals surface area contributed by atoms with Crippen LogP contribution in [0.3, 0.4) is 0 Å². The molecular weight excluding hydrogens is 350 g/mol. The number of hydrogen-bond acceptors (Lipinski definition) is 4. The normalized spacial score (nSPS) is 20.8. The van der Waals surface area contributed by atoms with Crippen LogP contribution in [0.4, 0.5) is 5.69 Å². The summed E-state index contributed by atoms with van der Waals surface area (Å²) in [6, 6.07) is 5.46. The van der Waals surface area contributed by atoms with Gasteiger partial charge in [0.15, 0.2) is 0 Å². The van der Waals surface area contributed by atoms with Crippen molar-refractivity contribution in [1.82, 2.24) is 4.90 Å². The lowest BCUT2D eigenvalue weighted by molar-refractivity contribution is 0.0714. The molecule has 1 amide bonds. The fourth-order valence-corrected chi connectivity index (χ4v) is 4.80. The first-order chi connectivity index (χ1) is 10.9. The lowest BCUT2D eigenvalue weighted by Gasteiger charge is -2.30. The van der Waals surface area contributed by atoms with Gasteiger partial charge in [-0.3, -0.25) is 9.10 Å². The third-order valence-electron chi connectivity index (χ3n) is 4.65. The smallest absolute Gasteiger partial charge is 0.254 e. The molecular formula is C16H24ClN3O3S. The standard InChI is InChI=1S/C16H23N3O3S.ClH/c1-12-11-14(19-7-2-10-23(19,21)22)3-4-15(12)16(20)18-8-5-13(17)6-9-18;/h3-4,11,13H,2,5-10,17H2,1H3;1H. The Balaban J connectivity index is 0.00000208. The maximum atomic E-state index is 12.6. The van der Waals surface area contributed by atoms with Crippen LogP contribution in [0.15, 0.2) is 18.2 Å². The van der Waals surface area contributed by atoms with Crippen molar-refractivity contribution in [2.24, 2.45) is 5.73 Å². The number of likely N-dealkylation sites (tertiary alicyclic amines) is 1. The van der Waals surface area contributed by atoms with Crippen molar-refractivity contribution in [2.75, 3.05) is 29.7 Å². The summed E-state index contributed by atoms with van der Waals surface area (Å²) in [6.07, 6.45) is 2.31. The molecule has 0 radical (unpaired) electrons. The lowest BCUT2D eigenvalue weighted by Crippen LogP contribution is -2.43. The van der Waals surface area contributed by atoms with Crippen LogP contribution < -0.4 is 10.0 Å². The zero-order valence-corrected chi connectivity index (χ0v) is 15.4. The van der Waals surface area contributed by atoms with Gasteiger partial charge in [-0.25, -0.2) is 8.42 Å². The molecule has 0 saturated carbocycles. The second-order valence-electron chi connectivity index (χ2n) is 6.37. The maximum Gasteiger partial charge on any atom is 0.254 e. The maximum absolute atomic E-state index is 12.6. The molecule has 2 aliphatic heterocycles. The summed E-state index contributed by atoms with van der Waals surface area (Å²) in [5.74, 6) is 0.200. The van der Waals surface area contributed by atoms with Crippen LogP contribution in [0, 0.1) is 6.92 Å². The molecule has 2 heterocycles. The van der Waals surface area contributed by atoms with Gasteiger partial charge in [-0.15, -0.1) is 12.4 Å². The Hall–Kier alpha value is -1.31. The largest absolute Gasteiger partial charge is 0.339 e. The second kappa shape index (κ2) is 7.29. The van der Waals surface area contributed by atoms with Gasteiger partial charge in [0.05, 0.1) is 11.4 Å². The fourth-order valence-electron chi connectivity index (χ4n) is 3.25. The number of hydrogen-bond donors (Lipinski definition) is 1. The molecule has 0 unspecified atom stereocenters. The highest BCUT2D eigenvalue weighted by Crippen LogP contribution is 2.27. The van der Waals surface area contributed by atoms with Gasteiger partial charge >= 0.3 is 0 Å². The number of nitrogens with two attached hydrogens (primary N) is 1. The number of rotatable bonds is 2. The van der Waals surface area contributed by atoms with Gasteiger partial charge in [-0.05, 0) is 49.9 Å². The van der Waals surface area contributed by atoms with Crippen molar-refractivity contribution < 1.29 is 13.2 Å². The Morgan fingerprint density at radius 1 is 1.21 bits per heavy atom. The van der Waals surface area contributed by atoms with Gasteiger partial charge in [0.25, 0.3) is 5.91 Å². The SMILES string of the molecule is Cc1cc(N2CCCS2(=O)=O)ccc1C(=O)N1CCC(N)CC1.Cl. The van der Waals surface area contributed by atoms with E-state index in [1.165, 1.54) is 4.31 Å². The molecule has 134 valence electrons. The minimum Gasteiger partial charge on any atom is -0.339 e. The molecule has 2 aliphatic rings. The van der Waals surface area contributed by atoms with E-state index in [1.54, 1.807) is 18.2 Å². The fraction of sp³-hybridized carbons (Fsp3) is 0.562. The van der Waals surface area contributed by atoms with Crippen molar-refractivity contribution in [3.05, 3.63) is 29.3 Å². The van der Waals surface area contributed by atoms with E-state index in [4.69, 9.17) is 5.73 Å². The molecule has 0 aromatic heterocycles. The topological polar surface area (TPSA) is 83.7 Å². The summed E-state index contributed by atoms with van der Waals surface area (Å²) < 4.78 is 25.5. The van der Waals surface area contributed by atoms with Crippen molar-refractivity contribution in [2.45, 2.75) is 32.2 Å². The predicted octanol–water partition coefficient (Wildman–Crippen LogP) is 1.52. The number of benzene rings is 1. The molecule has 8 heteroatoms. The summed E-state index contributed by atoms with van der Waals surface area (Å²) in [4.78, 5) is 14.5. The van der Waals surface area contributed by atoms with E-state index in [1.807, 2.05) is 11.8 Å². The Morgan fingerprint density at radius 2 is 1.88 bits per heavy atom. The van der Waals surface area contributed by atoms with Crippen LogP contribution in [-0.4, -0.2) is 50.7 Å². The van der Waals surface area contributed by atoms with E-state index in [9.17, 15) is 13.2 Å². The number of carbonyl (C=O) groups is 1. The average Bonchev–Trinajstić information content (AvgIpc) is 2.86. The molecule has 1 aromatic carbocycles. The van der Waals surface area contributed by atoms with Crippen LogP contribution in [0.5, 0.6) is 0 Å². The van der Waals surface area contributed by atoms with Gasteiger partial charge in [-0.2, -0.15) is 0 Å². The van der Waals surface area contributed by atoms with Crippen molar-refractivity contribution in [1.29, 1.82) is 0 Å². The molecule has 3 rings (SSSR count). The molecule has 6 nitrogen and oxygen atoms in total. The first-order valence-electron chi connectivity index (χ1n) is 8.04. The highest BCUT2D eigenvalue weighted by molar-refractivity contribution is 7.93. The van der Waals surface area contributed by atoms with Crippen molar-refractivity contribution in [3.8, 4) is 0 Å². The number of amides is 1. The number of nitrogens with zero attached hydrogens (tertiary/aromatic N) is 2. The number of halogens is 1. The number of piperidine rings is 1. The zero-order chi connectivity index (χ0) is 16.6. The summed E-state index contributed by atoms with van der Waals surface area (Å²) in [7, 11) is -3.19. The lowest BCUT2D eigenvalue weighted by atomic mass is 10.0. The van der Waals surface area contributed by atoms with Gasteiger partial charge in [0, 0.05) is 31.2 Å². The minimum atomic E-state index is -3.19. The molecule has 2 fully saturated rings. The first-order valence-corrected chi connectivity index (χ1v) is 9.65. The minimum absolute atomic E-state index is 0. The van der Waals surface area contributed by atoms with Gasteiger partial charge in [-0.1, -0.05) is 0 Å². The Bertz CT molecular complexity index is 715. The van der Waals surface area contributed by atoms with Crippen LogP contribution in [0.25, 0.3) is 0 Å². The Morgan fingerprint density at radius 3 is 2.42 bits per heavy atom. The molecule has 0 spiro atoms. The Labute approximate surface area is 149 Å². The van der Waals surface area contributed by atoms with E-state index in [-0.39, 0.29) is 30.1 Å². The molecule has 1 aromatic rings. The molecule has 0 atom stereocenters. The van der Waals surface area contributed by atoms with Crippen LogP contribution >= 0.6 is 12.4 Å². The summed E-state index contributed by atoms with van der Waals surface area (Å²) >= 11 is 0. The monoisotopic (exact) mass is 373 g/mol.